The summed E-state index contributed by atoms with van der Waals surface area (Å²) in [7, 11) is 1.40. The van der Waals surface area contributed by atoms with Crippen molar-refractivity contribution in [3.8, 4) is 5.75 Å². The fourth-order valence-electron chi connectivity index (χ4n) is 1.13. The monoisotopic (exact) mass is 263 g/mol. The number of hydrogen-bond acceptors (Lipinski definition) is 3. The highest BCUT2D eigenvalue weighted by Gasteiger charge is 2.30. The molecular formula is C11H12F3NO3. The molecule has 0 saturated heterocycles. The second-order valence-electron chi connectivity index (χ2n) is 3.26. The van der Waals surface area contributed by atoms with E-state index in [1.54, 1.807) is 0 Å². The molecule has 0 fully saturated rings. The molecule has 0 bridgehead atoms. The maximum Gasteiger partial charge on any atom is 0.416 e. The van der Waals surface area contributed by atoms with Crippen molar-refractivity contribution in [1.29, 1.82) is 0 Å². The van der Waals surface area contributed by atoms with Crippen LogP contribution in [0.25, 0.3) is 0 Å². The number of hydrogen-bond donors (Lipinski definition) is 1. The topological polar surface area (TPSA) is 47.6 Å². The third-order valence-corrected chi connectivity index (χ3v) is 1.95. The number of carbonyl (C=O) groups excluding carboxylic acids is 1. The van der Waals surface area contributed by atoms with Crippen LogP contribution in [-0.4, -0.2) is 26.4 Å². The number of alkyl carbamates (subject to hydrolysis) is 1. The SMILES string of the molecule is CNC(=O)OCCOc1cccc(C(F)(F)F)c1. The van der Waals surface area contributed by atoms with E-state index in [0.717, 1.165) is 12.1 Å². The summed E-state index contributed by atoms with van der Waals surface area (Å²) in [5.41, 5.74) is -0.785. The first-order valence-corrected chi connectivity index (χ1v) is 5.08. The van der Waals surface area contributed by atoms with E-state index >= 15 is 0 Å². The van der Waals surface area contributed by atoms with Crippen LogP contribution in [0.2, 0.25) is 0 Å². The Bertz CT molecular complexity index is 407. The first-order chi connectivity index (χ1) is 8.43. The maximum atomic E-state index is 12.4. The molecule has 0 aliphatic heterocycles. The zero-order chi connectivity index (χ0) is 13.6. The van der Waals surface area contributed by atoms with E-state index < -0.39 is 17.8 Å². The molecule has 4 nitrogen and oxygen atoms in total. The number of benzene rings is 1. The van der Waals surface area contributed by atoms with Crippen LogP contribution >= 0.6 is 0 Å². The molecular weight excluding hydrogens is 251 g/mol. The Labute approximate surface area is 102 Å². The Morgan fingerprint density at radius 2 is 2.06 bits per heavy atom. The molecule has 0 heterocycles. The molecule has 0 saturated carbocycles. The van der Waals surface area contributed by atoms with Gasteiger partial charge in [0.15, 0.2) is 0 Å². The van der Waals surface area contributed by atoms with E-state index in [4.69, 9.17) is 4.74 Å². The highest BCUT2D eigenvalue weighted by molar-refractivity contribution is 5.66. The normalized spacial score (nSPS) is 10.9. The highest BCUT2D eigenvalue weighted by Crippen LogP contribution is 2.31. The number of alkyl halides is 3. The molecule has 1 aromatic rings. The first-order valence-electron chi connectivity index (χ1n) is 5.08. The van der Waals surface area contributed by atoms with Gasteiger partial charge < -0.3 is 14.8 Å². The largest absolute Gasteiger partial charge is 0.490 e. The van der Waals surface area contributed by atoms with Crippen LogP contribution in [0.4, 0.5) is 18.0 Å². The molecule has 0 aliphatic carbocycles. The van der Waals surface area contributed by atoms with Gasteiger partial charge in [0.25, 0.3) is 0 Å². The number of carbonyl (C=O) groups is 1. The minimum Gasteiger partial charge on any atom is -0.490 e. The number of amides is 1. The summed E-state index contributed by atoms with van der Waals surface area (Å²) in [6.45, 7) is -0.0648. The first kappa shape index (κ1) is 14.1. The van der Waals surface area contributed by atoms with Gasteiger partial charge in [-0.15, -0.1) is 0 Å². The molecule has 100 valence electrons. The van der Waals surface area contributed by atoms with Gasteiger partial charge in [0.1, 0.15) is 19.0 Å². The summed E-state index contributed by atoms with van der Waals surface area (Å²) in [6, 6.07) is 4.49. The van der Waals surface area contributed by atoms with Gasteiger partial charge in [0, 0.05) is 7.05 Å². The third-order valence-electron chi connectivity index (χ3n) is 1.95. The average molecular weight is 263 g/mol. The smallest absolute Gasteiger partial charge is 0.416 e. The van der Waals surface area contributed by atoms with Gasteiger partial charge >= 0.3 is 12.3 Å². The zero-order valence-electron chi connectivity index (χ0n) is 9.58. The van der Waals surface area contributed by atoms with Crippen molar-refractivity contribution in [2.45, 2.75) is 6.18 Å². The maximum absolute atomic E-state index is 12.4. The summed E-state index contributed by atoms with van der Waals surface area (Å²) in [6.07, 6.45) is -5.03. The fraction of sp³-hybridized carbons (Fsp3) is 0.364. The van der Waals surface area contributed by atoms with Crippen molar-refractivity contribution in [3.63, 3.8) is 0 Å². The second kappa shape index (κ2) is 6.13. The Hall–Kier alpha value is -1.92. The summed E-state index contributed by atoms with van der Waals surface area (Å²) in [4.78, 5) is 10.7. The van der Waals surface area contributed by atoms with Crippen LogP contribution in [0.15, 0.2) is 24.3 Å². The van der Waals surface area contributed by atoms with Crippen LogP contribution in [0.1, 0.15) is 5.56 Å². The van der Waals surface area contributed by atoms with Gasteiger partial charge in [-0.05, 0) is 18.2 Å². The molecule has 0 aromatic heterocycles. The number of ether oxygens (including phenoxy) is 2. The standard InChI is InChI=1S/C11H12F3NO3/c1-15-10(16)18-6-5-17-9-4-2-3-8(7-9)11(12,13)14/h2-4,7H,5-6H2,1H3,(H,15,16). The van der Waals surface area contributed by atoms with Crippen molar-refractivity contribution in [2.24, 2.45) is 0 Å². The Balaban J connectivity index is 2.46. The van der Waals surface area contributed by atoms with Gasteiger partial charge in [-0.1, -0.05) is 6.07 Å². The molecule has 0 spiro atoms. The van der Waals surface area contributed by atoms with E-state index in [1.165, 1.54) is 19.2 Å². The van der Waals surface area contributed by atoms with E-state index in [-0.39, 0.29) is 19.0 Å². The molecule has 7 heteroatoms. The van der Waals surface area contributed by atoms with Crippen molar-refractivity contribution in [3.05, 3.63) is 29.8 Å². The van der Waals surface area contributed by atoms with E-state index in [2.05, 4.69) is 10.1 Å². The molecule has 1 amide bonds. The molecule has 0 atom stereocenters. The molecule has 1 N–H and O–H groups in total. The number of halogens is 3. The van der Waals surface area contributed by atoms with Crippen molar-refractivity contribution in [1.82, 2.24) is 5.32 Å². The number of rotatable bonds is 4. The third kappa shape index (κ3) is 4.52. The quantitative estimate of drug-likeness (QED) is 0.849. The lowest BCUT2D eigenvalue weighted by Gasteiger charge is -2.10. The van der Waals surface area contributed by atoms with Crippen LogP contribution in [0.3, 0.4) is 0 Å². The summed E-state index contributed by atoms with van der Waals surface area (Å²) in [5, 5.41) is 2.23. The predicted octanol–water partition coefficient (Wildman–Crippen LogP) is 2.44. The molecule has 1 rings (SSSR count). The predicted molar refractivity (Wildman–Crippen MR) is 57.3 cm³/mol. The van der Waals surface area contributed by atoms with Gasteiger partial charge in [0.05, 0.1) is 5.56 Å². The average Bonchev–Trinajstić information content (AvgIpc) is 2.33. The van der Waals surface area contributed by atoms with E-state index in [1.807, 2.05) is 0 Å². The van der Waals surface area contributed by atoms with Crippen LogP contribution in [-0.2, 0) is 10.9 Å². The minimum absolute atomic E-state index is 0.0191. The Morgan fingerprint density at radius 1 is 1.33 bits per heavy atom. The fourth-order valence-corrected chi connectivity index (χ4v) is 1.13. The van der Waals surface area contributed by atoms with Crippen molar-refractivity contribution >= 4 is 6.09 Å². The lowest BCUT2D eigenvalue weighted by Crippen LogP contribution is -2.21. The Morgan fingerprint density at radius 3 is 2.67 bits per heavy atom. The lowest BCUT2D eigenvalue weighted by molar-refractivity contribution is -0.137. The van der Waals surface area contributed by atoms with E-state index in [9.17, 15) is 18.0 Å². The molecule has 0 aliphatic rings. The molecule has 0 radical (unpaired) electrons. The van der Waals surface area contributed by atoms with E-state index in [0.29, 0.717) is 0 Å². The highest BCUT2D eigenvalue weighted by atomic mass is 19.4. The van der Waals surface area contributed by atoms with Crippen LogP contribution in [0.5, 0.6) is 5.75 Å². The van der Waals surface area contributed by atoms with Gasteiger partial charge in [0.2, 0.25) is 0 Å². The molecule has 1 aromatic carbocycles. The van der Waals surface area contributed by atoms with Gasteiger partial charge in [-0.3, -0.25) is 0 Å². The lowest BCUT2D eigenvalue weighted by atomic mass is 10.2. The molecule has 18 heavy (non-hydrogen) atoms. The minimum atomic E-state index is -4.40. The summed E-state index contributed by atoms with van der Waals surface area (Å²) in [5.74, 6) is 0.0744. The van der Waals surface area contributed by atoms with Gasteiger partial charge in [-0.25, -0.2) is 4.79 Å². The second-order valence-corrected chi connectivity index (χ2v) is 3.26. The summed E-state index contributed by atoms with van der Waals surface area (Å²) < 4.78 is 46.8. The van der Waals surface area contributed by atoms with Crippen molar-refractivity contribution in [2.75, 3.05) is 20.3 Å². The molecule has 0 unspecified atom stereocenters. The Kier molecular flexibility index (Phi) is 4.82. The zero-order valence-corrected chi connectivity index (χ0v) is 9.58. The van der Waals surface area contributed by atoms with Crippen molar-refractivity contribution < 1.29 is 27.4 Å². The summed E-state index contributed by atoms with van der Waals surface area (Å²) >= 11 is 0. The van der Waals surface area contributed by atoms with Crippen LogP contribution < -0.4 is 10.1 Å². The van der Waals surface area contributed by atoms with Crippen LogP contribution in [0, 0.1) is 0 Å². The van der Waals surface area contributed by atoms with Gasteiger partial charge in [-0.2, -0.15) is 13.2 Å². The number of nitrogens with one attached hydrogen (secondary N) is 1.